The Kier molecular flexibility index (Phi) is 5.41. The van der Waals surface area contributed by atoms with Gasteiger partial charge in [0.1, 0.15) is 6.10 Å². The van der Waals surface area contributed by atoms with Gasteiger partial charge in [0.2, 0.25) is 0 Å². The molecule has 1 aliphatic heterocycles. The molecule has 18 heavy (non-hydrogen) atoms. The van der Waals surface area contributed by atoms with Crippen LogP contribution in [0.5, 0.6) is 0 Å². The number of ether oxygens (including phenoxy) is 1. The predicted octanol–water partition coefficient (Wildman–Crippen LogP) is 3.88. The highest BCUT2D eigenvalue weighted by atomic mass is 28.4. The van der Waals surface area contributed by atoms with E-state index in [0.717, 1.165) is 32.3 Å². The molecule has 0 N–H and O–H groups in total. The summed E-state index contributed by atoms with van der Waals surface area (Å²) in [5, 5.41) is 0.286. The van der Waals surface area contributed by atoms with Crippen molar-refractivity contribution in [2.24, 2.45) is 0 Å². The van der Waals surface area contributed by atoms with E-state index in [0.29, 0.717) is 6.42 Å². The van der Waals surface area contributed by atoms with Crippen LogP contribution in [-0.2, 0) is 14.0 Å². The van der Waals surface area contributed by atoms with Crippen molar-refractivity contribution < 1.29 is 14.0 Å². The van der Waals surface area contributed by atoms with Crippen LogP contribution in [0.15, 0.2) is 0 Å². The van der Waals surface area contributed by atoms with Crippen molar-refractivity contribution in [3.05, 3.63) is 0 Å². The van der Waals surface area contributed by atoms with Gasteiger partial charge in [-0.1, -0.05) is 20.8 Å². The molecule has 0 unspecified atom stereocenters. The van der Waals surface area contributed by atoms with E-state index in [1.807, 2.05) is 0 Å². The number of cyclic esters (lactones) is 1. The third-order valence-corrected chi connectivity index (χ3v) is 8.70. The van der Waals surface area contributed by atoms with Gasteiger partial charge in [-0.05, 0) is 43.8 Å². The van der Waals surface area contributed by atoms with Crippen LogP contribution in [0.3, 0.4) is 0 Å². The number of esters is 1. The van der Waals surface area contributed by atoms with Crippen molar-refractivity contribution in [1.29, 1.82) is 0 Å². The lowest BCUT2D eigenvalue weighted by atomic mass is 10.1. The quantitative estimate of drug-likeness (QED) is 0.418. The number of hydrogen-bond acceptors (Lipinski definition) is 3. The van der Waals surface area contributed by atoms with Crippen LogP contribution in [0.25, 0.3) is 0 Å². The fourth-order valence-electron chi connectivity index (χ4n) is 1.80. The SMILES string of the molecule is CC(C)(C)[Si](C)(C)OCCCC[C@@H]1CCC(=O)O1. The van der Waals surface area contributed by atoms with Crippen molar-refractivity contribution in [1.82, 2.24) is 0 Å². The molecular formula is C14H28O3Si. The fraction of sp³-hybridized carbons (Fsp3) is 0.929. The molecule has 0 amide bonds. The van der Waals surface area contributed by atoms with Crippen molar-refractivity contribution in [2.45, 2.75) is 77.1 Å². The van der Waals surface area contributed by atoms with Crippen LogP contribution in [0, 0.1) is 0 Å². The summed E-state index contributed by atoms with van der Waals surface area (Å²) < 4.78 is 11.3. The maximum Gasteiger partial charge on any atom is 0.306 e. The largest absolute Gasteiger partial charge is 0.462 e. The molecule has 1 saturated heterocycles. The Morgan fingerprint density at radius 1 is 1.33 bits per heavy atom. The van der Waals surface area contributed by atoms with Crippen LogP contribution in [-0.4, -0.2) is 27.0 Å². The molecular weight excluding hydrogens is 244 g/mol. The Morgan fingerprint density at radius 3 is 2.50 bits per heavy atom. The zero-order chi connectivity index (χ0) is 13.8. The molecule has 0 radical (unpaired) electrons. The molecule has 0 aromatic heterocycles. The fourth-order valence-corrected chi connectivity index (χ4v) is 2.89. The Bertz CT molecular complexity index is 281. The highest BCUT2D eigenvalue weighted by molar-refractivity contribution is 6.74. The topological polar surface area (TPSA) is 35.5 Å². The maximum atomic E-state index is 10.9. The number of carbonyl (C=O) groups excluding carboxylic acids is 1. The normalized spacial score (nSPS) is 21.2. The monoisotopic (exact) mass is 272 g/mol. The predicted molar refractivity (Wildman–Crippen MR) is 76.1 cm³/mol. The number of rotatable bonds is 6. The summed E-state index contributed by atoms with van der Waals surface area (Å²) in [7, 11) is -1.58. The van der Waals surface area contributed by atoms with Gasteiger partial charge in [-0.3, -0.25) is 4.79 Å². The number of carbonyl (C=O) groups is 1. The van der Waals surface area contributed by atoms with Gasteiger partial charge in [0.05, 0.1) is 0 Å². The summed E-state index contributed by atoms with van der Waals surface area (Å²) >= 11 is 0. The Hall–Kier alpha value is -0.353. The van der Waals surface area contributed by atoms with E-state index in [9.17, 15) is 4.79 Å². The molecule has 0 aromatic carbocycles. The molecule has 0 spiro atoms. The third-order valence-electron chi connectivity index (χ3n) is 4.16. The lowest BCUT2D eigenvalue weighted by Crippen LogP contribution is -2.40. The first-order valence-corrected chi connectivity index (χ1v) is 9.97. The van der Waals surface area contributed by atoms with E-state index in [-0.39, 0.29) is 17.1 Å². The molecule has 0 aromatic rings. The van der Waals surface area contributed by atoms with E-state index in [2.05, 4.69) is 33.9 Å². The van der Waals surface area contributed by atoms with Gasteiger partial charge in [-0.25, -0.2) is 0 Å². The zero-order valence-electron chi connectivity index (χ0n) is 12.5. The van der Waals surface area contributed by atoms with Crippen molar-refractivity contribution in [3.8, 4) is 0 Å². The lowest BCUT2D eigenvalue weighted by Gasteiger charge is -2.36. The average molecular weight is 272 g/mol. The lowest BCUT2D eigenvalue weighted by molar-refractivity contribution is -0.141. The van der Waals surface area contributed by atoms with Gasteiger partial charge in [-0.15, -0.1) is 0 Å². The van der Waals surface area contributed by atoms with E-state index < -0.39 is 8.32 Å². The maximum absolute atomic E-state index is 10.9. The minimum Gasteiger partial charge on any atom is -0.462 e. The summed E-state index contributed by atoms with van der Waals surface area (Å²) in [4.78, 5) is 10.9. The molecule has 3 nitrogen and oxygen atoms in total. The molecule has 1 atom stereocenters. The summed E-state index contributed by atoms with van der Waals surface area (Å²) in [6, 6.07) is 0. The summed E-state index contributed by atoms with van der Waals surface area (Å²) in [6.45, 7) is 12.2. The second-order valence-corrected chi connectivity index (χ2v) is 11.6. The van der Waals surface area contributed by atoms with Gasteiger partial charge in [-0.2, -0.15) is 0 Å². The molecule has 4 heteroatoms. The van der Waals surface area contributed by atoms with Gasteiger partial charge in [0.15, 0.2) is 8.32 Å². The number of unbranched alkanes of at least 4 members (excludes halogenated alkanes) is 1. The Balaban J connectivity index is 2.10. The first-order chi connectivity index (χ1) is 8.22. The van der Waals surface area contributed by atoms with Crippen LogP contribution in [0.2, 0.25) is 18.1 Å². The smallest absolute Gasteiger partial charge is 0.306 e. The highest BCUT2D eigenvalue weighted by Gasteiger charge is 2.36. The van der Waals surface area contributed by atoms with E-state index in [1.165, 1.54) is 0 Å². The zero-order valence-corrected chi connectivity index (χ0v) is 13.5. The van der Waals surface area contributed by atoms with Gasteiger partial charge in [0.25, 0.3) is 0 Å². The molecule has 1 aliphatic rings. The molecule has 0 saturated carbocycles. The van der Waals surface area contributed by atoms with Gasteiger partial charge in [0, 0.05) is 13.0 Å². The standard InChI is InChI=1S/C14H28O3Si/c1-14(2,3)18(4,5)16-11-7-6-8-12-9-10-13(15)17-12/h12H,6-11H2,1-5H3/t12-/m1/s1. The van der Waals surface area contributed by atoms with E-state index in [4.69, 9.17) is 9.16 Å². The number of hydrogen-bond donors (Lipinski definition) is 0. The third kappa shape index (κ3) is 4.73. The van der Waals surface area contributed by atoms with Crippen LogP contribution >= 0.6 is 0 Å². The minimum atomic E-state index is -1.58. The molecule has 1 rings (SSSR count). The summed E-state index contributed by atoms with van der Waals surface area (Å²) in [5.74, 6) is -0.0301. The van der Waals surface area contributed by atoms with Gasteiger partial charge < -0.3 is 9.16 Å². The molecule has 1 heterocycles. The van der Waals surface area contributed by atoms with Crippen molar-refractivity contribution >= 4 is 14.3 Å². The summed E-state index contributed by atoms with van der Waals surface area (Å²) in [5.41, 5.74) is 0. The molecule has 1 fully saturated rings. The highest BCUT2D eigenvalue weighted by Crippen LogP contribution is 2.36. The van der Waals surface area contributed by atoms with Crippen LogP contribution in [0.1, 0.15) is 52.9 Å². The van der Waals surface area contributed by atoms with Crippen molar-refractivity contribution in [3.63, 3.8) is 0 Å². The molecule has 106 valence electrons. The van der Waals surface area contributed by atoms with Gasteiger partial charge >= 0.3 is 5.97 Å². The Morgan fingerprint density at radius 2 is 2.00 bits per heavy atom. The van der Waals surface area contributed by atoms with E-state index >= 15 is 0 Å². The van der Waals surface area contributed by atoms with Crippen LogP contribution in [0.4, 0.5) is 0 Å². The van der Waals surface area contributed by atoms with E-state index in [1.54, 1.807) is 0 Å². The molecule has 0 bridgehead atoms. The first kappa shape index (κ1) is 15.7. The van der Waals surface area contributed by atoms with Crippen LogP contribution < -0.4 is 0 Å². The Labute approximate surface area is 112 Å². The molecule has 0 aliphatic carbocycles. The summed E-state index contributed by atoms with van der Waals surface area (Å²) in [6.07, 6.45) is 4.83. The average Bonchev–Trinajstić information content (AvgIpc) is 2.62. The first-order valence-electron chi connectivity index (χ1n) is 7.06. The van der Waals surface area contributed by atoms with Crippen molar-refractivity contribution in [2.75, 3.05) is 6.61 Å². The second kappa shape index (κ2) is 6.20. The second-order valence-electron chi connectivity index (χ2n) is 6.76. The minimum absolute atomic E-state index is 0.0301.